The Morgan fingerprint density at radius 1 is 1.61 bits per heavy atom. The van der Waals surface area contributed by atoms with Crippen LogP contribution in [-0.4, -0.2) is 41.1 Å². The molecular weight excluding hydrogens is 278 g/mol. The summed E-state index contributed by atoms with van der Waals surface area (Å²) >= 11 is 6.95. The van der Waals surface area contributed by atoms with Crippen LogP contribution in [0.25, 0.3) is 0 Å². The highest BCUT2D eigenvalue weighted by Gasteiger charge is 2.47. The van der Waals surface area contributed by atoms with Gasteiger partial charge in [-0.1, -0.05) is 11.6 Å². The van der Waals surface area contributed by atoms with Crippen LogP contribution in [0.3, 0.4) is 0 Å². The van der Waals surface area contributed by atoms with Crippen molar-refractivity contribution in [2.24, 2.45) is 0 Å². The normalized spacial score (nSPS) is 23.6. The largest absolute Gasteiger partial charge is 0.382 e. The van der Waals surface area contributed by atoms with E-state index in [4.69, 9.17) is 16.3 Å². The van der Waals surface area contributed by atoms with Gasteiger partial charge in [-0.2, -0.15) is 0 Å². The van der Waals surface area contributed by atoms with Crippen LogP contribution in [-0.2, 0) is 16.1 Å². The molecule has 1 unspecified atom stereocenters. The topological polar surface area (TPSA) is 71.5 Å². The molecule has 1 aliphatic rings. The van der Waals surface area contributed by atoms with Gasteiger partial charge in [0.05, 0.1) is 13.2 Å². The molecule has 3 amide bonds. The summed E-state index contributed by atoms with van der Waals surface area (Å²) in [5, 5.41) is 2.62. The van der Waals surface area contributed by atoms with E-state index >= 15 is 0 Å². The summed E-state index contributed by atoms with van der Waals surface area (Å²) in [6.45, 7) is 1.95. The Morgan fingerprint density at radius 3 is 2.89 bits per heavy atom. The lowest BCUT2D eigenvalue weighted by Crippen LogP contribution is -2.47. The third kappa shape index (κ3) is 2.33. The van der Waals surface area contributed by atoms with Gasteiger partial charge in [-0.15, -0.1) is 11.3 Å². The van der Waals surface area contributed by atoms with Gasteiger partial charge in [0.25, 0.3) is 5.91 Å². The van der Waals surface area contributed by atoms with E-state index in [9.17, 15) is 9.59 Å². The maximum atomic E-state index is 12.2. The number of aromatic nitrogens is 1. The monoisotopic (exact) mass is 289 g/mol. The molecule has 2 rings (SSSR count). The van der Waals surface area contributed by atoms with Crippen LogP contribution < -0.4 is 5.32 Å². The van der Waals surface area contributed by atoms with Gasteiger partial charge < -0.3 is 10.1 Å². The molecule has 0 bridgehead atoms. The first-order valence-corrected chi connectivity index (χ1v) is 6.39. The number of carbonyl (C=O) groups excluding carboxylic acids is 2. The highest BCUT2D eigenvalue weighted by molar-refractivity contribution is 7.15. The van der Waals surface area contributed by atoms with Crippen molar-refractivity contribution < 1.29 is 14.3 Å². The summed E-state index contributed by atoms with van der Waals surface area (Å²) in [6.07, 6.45) is 1.56. The van der Waals surface area contributed by atoms with E-state index in [1.54, 1.807) is 13.1 Å². The maximum Gasteiger partial charge on any atom is 0.325 e. The first-order valence-electron chi connectivity index (χ1n) is 5.19. The molecule has 0 aromatic carbocycles. The number of nitrogens with zero attached hydrogens (tertiary/aromatic N) is 2. The molecule has 1 saturated heterocycles. The molecule has 8 heteroatoms. The molecule has 1 atom stereocenters. The third-order valence-corrected chi connectivity index (χ3v) is 3.72. The average molecular weight is 290 g/mol. The molecule has 0 spiro atoms. The second-order valence-electron chi connectivity index (χ2n) is 4.17. The second-order valence-corrected chi connectivity index (χ2v) is 5.86. The molecule has 98 valence electrons. The van der Waals surface area contributed by atoms with E-state index in [0.29, 0.717) is 4.47 Å². The minimum absolute atomic E-state index is 0.136. The van der Waals surface area contributed by atoms with E-state index in [1.807, 2.05) is 0 Å². The van der Waals surface area contributed by atoms with Crippen molar-refractivity contribution in [2.75, 3.05) is 13.7 Å². The number of hydrogen-bond acceptors (Lipinski definition) is 5. The van der Waals surface area contributed by atoms with Gasteiger partial charge in [-0.3, -0.25) is 9.69 Å². The SMILES string of the molecule is COCC1(C)NC(=O)N(Cc2cnc(Cl)s2)C1=O. The predicted octanol–water partition coefficient (Wildman–Crippen LogP) is 1.25. The van der Waals surface area contributed by atoms with Crippen molar-refractivity contribution >= 4 is 34.9 Å². The lowest BCUT2D eigenvalue weighted by atomic mass is 10.0. The number of methoxy groups -OCH3 is 1. The van der Waals surface area contributed by atoms with E-state index in [2.05, 4.69) is 10.3 Å². The zero-order valence-electron chi connectivity index (χ0n) is 9.90. The quantitative estimate of drug-likeness (QED) is 0.847. The number of carbonyl (C=O) groups is 2. The van der Waals surface area contributed by atoms with Gasteiger partial charge in [0.1, 0.15) is 5.54 Å². The van der Waals surface area contributed by atoms with Crippen molar-refractivity contribution in [3.05, 3.63) is 15.5 Å². The Hall–Kier alpha value is -1.18. The summed E-state index contributed by atoms with van der Waals surface area (Å²) in [5.74, 6) is -0.307. The molecule has 0 saturated carbocycles. The Bertz CT molecular complexity index is 492. The van der Waals surface area contributed by atoms with E-state index in [-0.39, 0.29) is 19.1 Å². The predicted molar refractivity (Wildman–Crippen MR) is 66.5 cm³/mol. The third-order valence-electron chi connectivity index (χ3n) is 2.62. The highest BCUT2D eigenvalue weighted by atomic mass is 35.5. The van der Waals surface area contributed by atoms with Crippen molar-refractivity contribution in [1.29, 1.82) is 0 Å². The summed E-state index contributed by atoms with van der Waals surface area (Å²) < 4.78 is 5.34. The van der Waals surface area contributed by atoms with Crippen molar-refractivity contribution in [1.82, 2.24) is 15.2 Å². The molecular formula is C10H12ClN3O3S. The van der Waals surface area contributed by atoms with Crippen LogP contribution in [0.1, 0.15) is 11.8 Å². The fraction of sp³-hybridized carbons (Fsp3) is 0.500. The van der Waals surface area contributed by atoms with E-state index in [1.165, 1.54) is 18.4 Å². The minimum atomic E-state index is -1.000. The van der Waals surface area contributed by atoms with Crippen LogP contribution in [0.5, 0.6) is 0 Å². The van der Waals surface area contributed by atoms with Crippen LogP contribution in [0.15, 0.2) is 6.20 Å². The lowest BCUT2D eigenvalue weighted by molar-refractivity contribution is -0.132. The lowest BCUT2D eigenvalue weighted by Gasteiger charge is -2.20. The first-order chi connectivity index (χ1) is 8.46. The molecule has 6 nitrogen and oxygen atoms in total. The van der Waals surface area contributed by atoms with Crippen LogP contribution >= 0.6 is 22.9 Å². The number of nitrogens with one attached hydrogen (secondary N) is 1. The van der Waals surface area contributed by atoms with Gasteiger partial charge in [0.15, 0.2) is 4.47 Å². The number of ether oxygens (including phenoxy) is 1. The van der Waals surface area contributed by atoms with Gasteiger partial charge in [-0.25, -0.2) is 9.78 Å². The molecule has 1 aromatic heterocycles. The van der Waals surface area contributed by atoms with Crippen LogP contribution in [0, 0.1) is 0 Å². The van der Waals surface area contributed by atoms with Crippen LogP contribution in [0.2, 0.25) is 4.47 Å². The van der Waals surface area contributed by atoms with Crippen molar-refractivity contribution in [2.45, 2.75) is 19.0 Å². The number of halogens is 1. The summed E-state index contributed by atoms with van der Waals surface area (Å²) in [7, 11) is 1.48. The van der Waals surface area contributed by atoms with Gasteiger partial charge in [-0.05, 0) is 6.92 Å². The molecule has 1 fully saturated rings. The maximum absolute atomic E-state index is 12.2. The Morgan fingerprint density at radius 2 is 2.33 bits per heavy atom. The number of rotatable bonds is 4. The summed E-state index contributed by atoms with van der Waals surface area (Å²) in [5.41, 5.74) is -1.000. The number of thiazole rings is 1. The molecule has 0 radical (unpaired) electrons. The number of urea groups is 1. The standard InChI is InChI=1S/C10H12ClN3O3S/c1-10(5-17-2)7(15)14(9(16)13-10)4-6-3-12-8(11)18-6/h3H,4-5H2,1-2H3,(H,13,16). The number of hydrogen-bond donors (Lipinski definition) is 1. The molecule has 1 aliphatic heterocycles. The smallest absolute Gasteiger partial charge is 0.325 e. The Labute approximate surface area is 113 Å². The molecule has 1 N–H and O–H groups in total. The van der Waals surface area contributed by atoms with Crippen molar-refractivity contribution in [3.63, 3.8) is 0 Å². The van der Waals surface area contributed by atoms with Crippen molar-refractivity contribution in [3.8, 4) is 0 Å². The number of imide groups is 1. The van der Waals surface area contributed by atoms with Gasteiger partial charge in [0, 0.05) is 18.2 Å². The molecule has 0 aliphatic carbocycles. The minimum Gasteiger partial charge on any atom is -0.382 e. The molecule has 1 aromatic rings. The summed E-state index contributed by atoms with van der Waals surface area (Å²) in [6, 6.07) is -0.427. The van der Waals surface area contributed by atoms with E-state index in [0.717, 1.165) is 9.78 Å². The highest BCUT2D eigenvalue weighted by Crippen LogP contribution is 2.24. The Kier molecular flexibility index (Phi) is 3.56. The number of amides is 3. The zero-order chi connectivity index (χ0) is 13.3. The average Bonchev–Trinajstić information content (AvgIpc) is 2.78. The Balaban J connectivity index is 2.14. The fourth-order valence-electron chi connectivity index (χ4n) is 1.79. The van der Waals surface area contributed by atoms with Crippen LogP contribution in [0.4, 0.5) is 4.79 Å². The van der Waals surface area contributed by atoms with Gasteiger partial charge >= 0.3 is 6.03 Å². The fourth-order valence-corrected chi connectivity index (χ4v) is 2.76. The first kappa shape index (κ1) is 13.3. The van der Waals surface area contributed by atoms with Gasteiger partial charge in [0.2, 0.25) is 0 Å². The molecule has 2 heterocycles. The molecule has 18 heavy (non-hydrogen) atoms. The zero-order valence-corrected chi connectivity index (χ0v) is 11.5. The van der Waals surface area contributed by atoms with E-state index < -0.39 is 11.6 Å². The summed E-state index contributed by atoms with van der Waals surface area (Å²) in [4.78, 5) is 29.7. The second kappa shape index (κ2) is 4.83.